The predicted octanol–water partition coefficient (Wildman–Crippen LogP) is 6.48. The number of aliphatic hydroxyl groups is 1. The van der Waals surface area contributed by atoms with Gasteiger partial charge in [-0.25, -0.2) is 0 Å². The highest BCUT2D eigenvalue weighted by Gasteiger charge is 2.35. The van der Waals surface area contributed by atoms with Crippen LogP contribution in [0.1, 0.15) is 55.9 Å². The maximum atomic E-state index is 10.9. The summed E-state index contributed by atoms with van der Waals surface area (Å²) in [5, 5.41) is 15.2. The van der Waals surface area contributed by atoms with Crippen LogP contribution in [-0.2, 0) is 16.9 Å². The number of amides is 1. The van der Waals surface area contributed by atoms with Crippen LogP contribution in [0.3, 0.4) is 0 Å². The van der Waals surface area contributed by atoms with E-state index in [0.717, 1.165) is 30.7 Å². The van der Waals surface area contributed by atoms with E-state index in [0.29, 0.717) is 5.69 Å². The van der Waals surface area contributed by atoms with E-state index in [4.69, 9.17) is 15.6 Å². The molecule has 4 rings (SSSR count). The summed E-state index contributed by atoms with van der Waals surface area (Å²) in [6.45, 7) is 7.15. The zero-order valence-corrected chi connectivity index (χ0v) is 24.8. The lowest BCUT2D eigenvalue weighted by Crippen LogP contribution is -2.45. The number of nitrogens with one attached hydrogen (secondary N) is 2. The van der Waals surface area contributed by atoms with Crippen LogP contribution in [-0.4, -0.2) is 31.2 Å². The van der Waals surface area contributed by atoms with Crippen LogP contribution in [0.15, 0.2) is 109 Å². The molecule has 0 aliphatic rings. The van der Waals surface area contributed by atoms with Crippen molar-refractivity contribution in [2.24, 2.45) is 5.73 Å². The number of carbonyl (C=O) groups excluding carboxylic acids is 1. The summed E-state index contributed by atoms with van der Waals surface area (Å²) in [4.78, 5) is 10.9. The lowest BCUT2D eigenvalue weighted by Gasteiger charge is -2.37. The Morgan fingerprint density at radius 3 is 1.76 bits per heavy atom. The van der Waals surface area contributed by atoms with Crippen molar-refractivity contribution in [1.29, 1.82) is 0 Å². The van der Waals surface area contributed by atoms with Crippen LogP contribution in [0, 0.1) is 0 Å². The van der Waals surface area contributed by atoms with Crippen LogP contribution in [0.2, 0.25) is 0 Å². The van der Waals surface area contributed by atoms with Gasteiger partial charge in [0.25, 0.3) is 0 Å². The maximum absolute atomic E-state index is 10.9. The lowest BCUT2D eigenvalue weighted by molar-refractivity contribution is -0.114. The summed E-state index contributed by atoms with van der Waals surface area (Å²) in [7, 11) is 1.70. The number of aliphatic hydroxyl groups excluding tert-OH is 1. The Hall–Kier alpha value is -3.97. The Balaban J connectivity index is 0.000000330. The second-order valence-electron chi connectivity index (χ2n) is 9.10. The number of rotatable bonds is 11. The first-order chi connectivity index (χ1) is 20.1. The van der Waals surface area contributed by atoms with E-state index in [2.05, 4.69) is 90.4 Å². The Bertz CT molecular complexity index is 1210. The monoisotopic (exact) mass is 555 g/mol. The minimum Gasteiger partial charge on any atom is -0.497 e. The van der Waals surface area contributed by atoms with Crippen molar-refractivity contribution in [3.63, 3.8) is 0 Å². The molecule has 0 aromatic heterocycles. The Labute approximate surface area is 245 Å². The number of benzene rings is 4. The molecular weight excluding hydrogens is 510 g/mol. The van der Waals surface area contributed by atoms with E-state index in [9.17, 15) is 4.79 Å². The molecule has 0 saturated carbocycles. The van der Waals surface area contributed by atoms with Gasteiger partial charge in [0, 0.05) is 5.69 Å². The van der Waals surface area contributed by atoms with E-state index in [1.807, 2.05) is 26.0 Å². The quantitative estimate of drug-likeness (QED) is 0.125. The molecule has 0 heterocycles. The van der Waals surface area contributed by atoms with Gasteiger partial charge in [0.15, 0.2) is 0 Å². The average Bonchev–Trinajstić information content (AvgIpc) is 3.06. The Kier molecular flexibility index (Phi) is 14.9. The second-order valence-corrected chi connectivity index (χ2v) is 9.10. The van der Waals surface area contributed by atoms with Gasteiger partial charge in [0.05, 0.1) is 25.8 Å². The van der Waals surface area contributed by atoms with Gasteiger partial charge in [-0.05, 0) is 59.5 Å². The summed E-state index contributed by atoms with van der Waals surface area (Å²) in [6.07, 6.45) is 2.30. The topological polar surface area (TPSA) is 96.6 Å². The first kappa shape index (κ1) is 33.2. The molecule has 5 N–H and O–H groups in total. The largest absolute Gasteiger partial charge is 0.497 e. The molecule has 0 atom stereocenters. The number of hydrogen-bond acceptors (Lipinski definition) is 5. The number of anilines is 1. The van der Waals surface area contributed by atoms with Crippen LogP contribution in [0.4, 0.5) is 5.69 Å². The summed E-state index contributed by atoms with van der Waals surface area (Å²) < 4.78 is 5.37. The number of ether oxygens (including phenoxy) is 1. The number of hydrogen-bond donors (Lipinski definition) is 4. The fourth-order valence-electron chi connectivity index (χ4n) is 4.38. The van der Waals surface area contributed by atoms with Crippen molar-refractivity contribution < 1.29 is 14.6 Å². The highest BCUT2D eigenvalue weighted by Crippen LogP contribution is 2.37. The van der Waals surface area contributed by atoms with Crippen molar-refractivity contribution in [2.45, 2.75) is 45.8 Å². The minimum atomic E-state index is -0.385. The molecule has 6 nitrogen and oxygen atoms in total. The van der Waals surface area contributed by atoms with E-state index in [1.165, 1.54) is 16.7 Å². The molecule has 6 heteroatoms. The van der Waals surface area contributed by atoms with Crippen molar-refractivity contribution in [3.05, 3.63) is 131 Å². The van der Waals surface area contributed by atoms with Gasteiger partial charge in [-0.2, -0.15) is 0 Å². The molecule has 0 bridgehead atoms. The summed E-state index contributed by atoms with van der Waals surface area (Å²) in [5.74, 6) is 0.647. The number of nitrogens with two attached hydrogens (primary N) is 1. The van der Waals surface area contributed by atoms with Gasteiger partial charge < -0.3 is 20.9 Å². The SMILES string of the molecule is CC.CCCCNC(c1ccccc1)(c1ccccc1)c1ccc(OC)cc1.NCC(=O)Nc1ccc(CO)cc1. The molecule has 4 aromatic rings. The summed E-state index contributed by atoms with van der Waals surface area (Å²) in [5.41, 5.74) is 9.94. The van der Waals surface area contributed by atoms with Crippen molar-refractivity contribution >= 4 is 11.6 Å². The number of unbranched alkanes of at least 4 members (excludes halogenated alkanes) is 1. The van der Waals surface area contributed by atoms with Crippen LogP contribution in [0.5, 0.6) is 5.75 Å². The number of carbonyl (C=O) groups is 1. The van der Waals surface area contributed by atoms with Crippen molar-refractivity contribution in [2.75, 3.05) is 25.5 Å². The van der Waals surface area contributed by atoms with Crippen LogP contribution >= 0.6 is 0 Å². The molecule has 0 aliphatic carbocycles. The lowest BCUT2D eigenvalue weighted by atomic mass is 9.77. The maximum Gasteiger partial charge on any atom is 0.238 e. The Morgan fingerprint density at radius 2 is 1.32 bits per heavy atom. The van der Waals surface area contributed by atoms with Crippen LogP contribution < -0.4 is 21.1 Å². The molecule has 0 aliphatic heterocycles. The molecule has 0 saturated heterocycles. The third kappa shape index (κ3) is 9.57. The first-order valence-electron chi connectivity index (χ1n) is 14.3. The van der Waals surface area contributed by atoms with Gasteiger partial charge in [0.1, 0.15) is 5.75 Å². The van der Waals surface area contributed by atoms with Crippen molar-refractivity contribution in [3.8, 4) is 5.75 Å². The molecule has 4 aromatic carbocycles. The number of methoxy groups -OCH3 is 1. The van der Waals surface area contributed by atoms with Gasteiger partial charge in [-0.1, -0.05) is 112 Å². The van der Waals surface area contributed by atoms with Gasteiger partial charge in [0.2, 0.25) is 5.91 Å². The minimum absolute atomic E-state index is 0.00507. The molecular formula is C35H45N3O3. The third-order valence-corrected chi connectivity index (χ3v) is 6.46. The van der Waals surface area contributed by atoms with Crippen molar-refractivity contribution in [1.82, 2.24) is 5.32 Å². The molecule has 41 heavy (non-hydrogen) atoms. The van der Waals surface area contributed by atoms with Gasteiger partial charge in [-0.15, -0.1) is 0 Å². The Morgan fingerprint density at radius 1 is 0.805 bits per heavy atom. The summed E-state index contributed by atoms with van der Waals surface area (Å²) in [6, 6.07) is 36.7. The van der Waals surface area contributed by atoms with E-state index in [-0.39, 0.29) is 24.6 Å². The van der Waals surface area contributed by atoms with E-state index < -0.39 is 0 Å². The first-order valence-corrected chi connectivity index (χ1v) is 14.3. The zero-order valence-electron chi connectivity index (χ0n) is 24.8. The van der Waals surface area contributed by atoms with Crippen LogP contribution in [0.25, 0.3) is 0 Å². The highest BCUT2D eigenvalue weighted by molar-refractivity contribution is 5.92. The van der Waals surface area contributed by atoms with E-state index >= 15 is 0 Å². The molecule has 1 amide bonds. The molecule has 0 fully saturated rings. The predicted molar refractivity (Wildman–Crippen MR) is 170 cm³/mol. The van der Waals surface area contributed by atoms with Gasteiger partial charge in [-0.3, -0.25) is 10.1 Å². The normalized spacial score (nSPS) is 10.4. The third-order valence-electron chi connectivity index (χ3n) is 6.46. The molecule has 218 valence electrons. The fourth-order valence-corrected chi connectivity index (χ4v) is 4.38. The smallest absolute Gasteiger partial charge is 0.238 e. The fraction of sp³-hybridized carbons (Fsp3) is 0.286. The standard InChI is InChI=1S/C24H27NO.C9H12N2O2.C2H6/c1-3-4-19-25-24(20-11-7-5-8-12-20,21-13-9-6-10-14-21)22-15-17-23(26-2)18-16-22;10-5-9(13)11-8-3-1-7(6-12)2-4-8;1-2/h5-18,25H,3-4,19H2,1-2H3;1-4,12H,5-6,10H2,(H,11,13);1-2H3. The van der Waals surface area contributed by atoms with Gasteiger partial charge >= 0.3 is 0 Å². The highest BCUT2D eigenvalue weighted by atomic mass is 16.5. The molecule has 0 unspecified atom stereocenters. The molecule has 0 radical (unpaired) electrons. The van der Waals surface area contributed by atoms with E-state index in [1.54, 1.807) is 31.4 Å². The summed E-state index contributed by atoms with van der Waals surface area (Å²) >= 11 is 0. The molecule has 0 spiro atoms. The average molecular weight is 556 g/mol. The zero-order chi connectivity index (χ0) is 29.9. The second kappa shape index (κ2) is 18.4.